The van der Waals surface area contributed by atoms with Crippen LogP contribution in [0.4, 0.5) is 0 Å². The fraction of sp³-hybridized carbons (Fsp3) is 0.935. The summed E-state index contributed by atoms with van der Waals surface area (Å²) in [5, 5.41) is 0. The molecule has 0 radical (unpaired) electrons. The summed E-state index contributed by atoms with van der Waals surface area (Å²) in [6, 6.07) is 15.1. The average Bonchev–Trinajstić information content (AvgIpc) is 3.10. The highest BCUT2D eigenvalue weighted by Gasteiger charge is 2.44. The van der Waals surface area contributed by atoms with Gasteiger partial charge in [-0.05, 0) is 262 Å². The largest absolute Gasteiger partial charge is 0.462 e. The highest BCUT2D eigenvalue weighted by molar-refractivity contribution is 6.92. The van der Waals surface area contributed by atoms with Gasteiger partial charge in [0.25, 0.3) is 0 Å². The Kier molecular flexibility index (Phi) is 27.4. The smallest absolute Gasteiger partial charge is 0.333 e. The van der Waals surface area contributed by atoms with Gasteiger partial charge in [0.2, 0.25) is 0 Å². The second-order valence-corrected chi connectivity index (χ2v) is 86.3. The fourth-order valence-corrected chi connectivity index (χ4v) is 80.5. The highest BCUT2D eigenvalue weighted by atomic mass is 28.5. The van der Waals surface area contributed by atoms with Gasteiger partial charge < -0.3 is 33.9 Å². The lowest BCUT2D eigenvalue weighted by Gasteiger charge is -2.41. The second-order valence-electron chi connectivity index (χ2n) is 28.7. The summed E-state index contributed by atoms with van der Waals surface area (Å²) in [5.74, 6) is -0.301. The molecule has 0 aliphatic rings. The van der Waals surface area contributed by atoms with Crippen LogP contribution in [0.5, 0.6) is 0 Å². The van der Waals surface area contributed by atoms with Crippen molar-refractivity contribution in [3.8, 4) is 0 Å². The molecule has 0 N–H and O–H groups in total. The predicted octanol–water partition coefficient (Wildman–Crippen LogP) is 16.9. The van der Waals surface area contributed by atoms with Gasteiger partial charge in [-0.1, -0.05) is 6.58 Å². The molecule has 9 nitrogen and oxygen atoms in total. The molecule has 0 spiro atoms. The van der Waals surface area contributed by atoms with Crippen molar-refractivity contribution in [3.63, 3.8) is 0 Å². The molecule has 0 aromatic rings. The van der Waals surface area contributed by atoms with Crippen molar-refractivity contribution in [1.82, 2.24) is 0 Å². The maximum Gasteiger partial charge on any atom is 0.333 e. The summed E-state index contributed by atoms with van der Waals surface area (Å²) in [4.78, 5) is 11.8. The minimum absolute atomic E-state index is 0.301. The number of rotatable bonds is 36. The van der Waals surface area contributed by atoms with Gasteiger partial charge in [0, 0.05) is 12.7 Å². The molecule has 0 amide bonds. The van der Waals surface area contributed by atoms with E-state index >= 15 is 0 Å². The first-order chi connectivity index (χ1) is 29.9. The Morgan fingerprint density at radius 2 is 0.471 bits per heavy atom. The number of carbonyl (C=O) groups excluding carboxylic acids is 1. The van der Waals surface area contributed by atoms with Crippen LogP contribution in [0.3, 0.4) is 0 Å². The molecule has 0 aliphatic carbocycles. The van der Waals surface area contributed by atoms with Crippen LogP contribution in [0, 0.1) is 0 Å². The van der Waals surface area contributed by atoms with E-state index in [9.17, 15) is 4.79 Å². The van der Waals surface area contributed by atoms with Crippen LogP contribution >= 0.6 is 0 Å². The Morgan fingerprint density at radius 3 is 0.632 bits per heavy atom. The summed E-state index contributed by atoms with van der Waals surface area (Å²) >= 11 is 0. The number of esters is 1. The molecule has 0 fully saturated rings. The van der Waals surface area contributed by atoms with E-state index in [1.807, 2.05) is 7.11 Å². The van der Waals surface area contributed by atoms with Crippen molar-refractivity contribution in [1.29, 1.82) is 0 Å². The first-order valence-corrected chi connectivity index (χ1v) is 67.0. The zero-order valence-corrected chi connectivity index (χ0v) is 63.5. The quantitative estimate of drug-likeness (QED) is 0.0263. The molecule has 0 aliphatic heterocycles. The van der Waals surface area contributed by atoms with E-state index in [1.54, 1.807) is 6.92 Å². The minimum Gasteiger partial charge on any atom is -0.462 e. The maximum absolute atomic E-state index is 11.8. The predicted molar refractivity (Wildman–Crippen MR) is 334 cm³/mol. The number of hydrogen-bond acceptors (Lipinski definition) is 9. The molecule has 0 unspecified atom stereocenters. The number of ether oxygens (including phenoxy) is 1. The summed E-state index contributed by atoms with van der Waals surface area (Å²) in [6.45, 7) is 68.8. The molecule has 0 aromatic heterocycles. The van der Waals surface area contributed by atoms with Crippen LogP contribution in [-0.2, 0) is 38.6 Å². The van der Waals surface area contributed by atoms with E-state index in [4.69, 9.17) is 33.9 Å². The SMILES string of the molecule is C=C(C)C(=O)OCCC[Si](C)(C)O[Si](C)(C)CC[Si](C)(C)O[Si](C)(C)CC[Si](C)(C)O[Si](C)(C)CC[Si](C)(C)O[Si](C)(C)CC[Si](C)(C)O[Si](C)(C)CC[Si](C)(C)O[Si](C)(C)CC[Si](C)(C)OC. The van der Waals surface area contributed by atoms with Crippen molar-refractivity contribution in [3.05, 3.63) is 12.2 Å². The van der Waals surface area contributed by atoms with E-state index in [0.717, 1.165) is 30.6 Å². The lowest BCUT2D eigenvalue weighted by atomic mass is 10.4. The van der Waals surface area contributed by atoms with Gasteiger partial charge in [-0.25, -0.2) is 4.79 Å². The first kappa shape index (κ1) is 69.7. The van der Waals surface area contributed by atoms with Gasteiger partial charge in [-0.15, -0.1) is 0 Å². The molecule has 0 saturated heterocycles. The van der Waals surface area contributed by atoms with Gasteiger partial charge >= 0.3 is 5.97 Å². The van der Waals surface area contributed by atoms with E-state index < -0.39 is 108 Å². The third-order valence-electron chi connectivity index (χ3n) is 13.3. The minimum atomic E-state index is -1.90. The Balaban J connectivity index is 5.18. The lowest BCUT2D eigenvalue weighted by molar-refractivity contribution is -0.138. The van der Waals surface area contributed by atoms with Gasteiger partial charge in [-0.2, -0.15) is 0 Å². The molecule has 0 heterocycles. The maximum atomic E-state index is 11.8. The molecule has 0 saturated carbocycles. The molecular formula is C46H116O9Si13. The van der Waals surface area contributed by atoms with Gasteiger partial charge in [0.05, 0.1) is 6.61 Å². The van der Waals surface area contributed by atoms with Crippen LogP contribution < -0.4 is 0 Å². The Hall–Kier alpha value is 1.75. The third-order valence-corrected chi connectivity index (χ3v) is 63.0. The molecule has 22 heteroatoms. The Bertz CT molecular complexity index is 1560. The Morgan fingerprint density at radius 1 is 0.309 bits per heavy atom. The van der Waals surface area contributed by atoms with Crippen LogP contribution in [-0.4, -0.2) is 128 Å². The van der Waals surface area contributed by atoms with Crippen molar-refractivity contribution in [2.24, 2.45) is 0 Å². The summed E-state index contributed by atoms with van der Waals surface area (Å²) in [7, 11) is -22.1. The van der Waals surface area contributed by atoms with E-state index in [0.29, 0.717) is 12.2 Å². The monoisotopic (exact) mass is 1180 g/mol. The normalized spacial score (nSPS) is 15.0. The molecule has 0 atom stereocenters. The second kappa shape index (κ2) is 26.7. The number of carbonyl (C=O) groups is 1. The topological polar surface area (TPSA) is 90.9 Å². The lowest BCUT2D eigenvalue weighted by Crippen LogP contribution is -2.51. The van der Waals surface area contributed by atoms with Crippen LogP contribution in [0.2, 0.25) is 249 Å². The van der Waals surface area contributed by atoms with Gasteiger partial charge in [-0.3, -0.25) is 0 Å². The number of hydrogen-bond donors (Lipinski definition) is 0. The zero-order valence-electron chi connectivity index (χ0n) is 50.5. The van der Waals surface area contributed by atoms with Gasteiger partial charge in [0.15, 0.2) is 108 Å². The van der Waals surface area contributed by atoms with E-state index in [1.165, 1.54) is 54.4 Å². The van der Waals surface area contributed by atoms with Crippen molar-refractivity contribution in [2.45, 2.75) is 262 Å². The highest BCUT2D eigenvalue weighted by Crippen LogP contribution is 2.36. The molecule has 68 heavy (non-hydrogen) atoms. The van der Waals surface area contributed by atoms with Crippen molar-refractivity contribution >= 4 is 114 Å². The standard InChI is InChI=1S/C46H116O9Si13/c1-45(2)46(47)49-31-30-32-57(6,7)50-59(10,11)35-36-61(14,15)52-63(18,19)39-40-65(22,23)54-67(26,27)43-44-68(28,29)55-66(24,25)42-41-64(20,21)53-62(16,17)38-37-60(12,13)51-58(8,9)34-33-56(4,5)48-3/h1,30-44H2,2-29H3. The summed E-state index contributed by atoms with van der Waals surface area (Å²) in [5.41, 5.74) is 0.453. The van der Waals surface area contributed by atoms with Crippen LogP contribution in [0.25, 0.3) is 0 Å². The molecule has 0 aromatic carbocycles. The first-order valence-electron chi connectivity index (χ1n) is 26.5. The molecule has 0 rings (SSSR count). The molecular weight excluding hydrogens is 1060 g/mol. The van der Waals surface area contributed by atoms with Crippen LogP contribution in [0.1, 0.15) is 13.3 Å². The van der Waals surface area contributed by atoms with Crippen molar-refractivity contribution in [2.75, 3.05) is 13.7 Å². The van der Waals surface area contributed by atoms with E-state index in [-0.39, 0.29) is 5.97 Å². The average molecular weight is 1180 g/mol. The zero-order chi connectivity index (χ0) is 53.9. The molecule has 0 bridgehead atoms. The summed E-state index contributed by atoms with van der Waals surface area (Å²) in [6.07, 6.45) is 0.841. The Labute approximate surface area is 437 Å². The molecule has 406 valence electrons. The van der Waals surface area contributed by atoms with Gasteiger partial charge in [0.1, 0.15) is 0 Å². The summed E-state index contributed by atoms with van der Waals surface area (Å²) < 4.78 is 54.3. The van der Waals surface area contributed by atoms with Crippen LogP contribution in [0.15, 0.2) is 12.2 Å². The fourth-order valence-electron chi connectivity index (χ4n) is 9.60. The van der Waals surface area contributed by atoms with Crippen molar-refractivity contribution < 1.29 is 38.6 Å². The van der Waals surface area contributed by atoms with E-state index in [2.05, 4.69) is 177 Å². The third kappa shape index (κ3) is 33.6.